The lowest BCUT2D eigenvalue weighted by Crippen LogP contribution is -2.16. The number of amides is 2. The van der Waals surface area contributed by atoms with Gasteiger partial charge in [0.15, 0.2) is 0 Å². The van der Waals surface area contributed by atoms with Gasteiger partial charge in [-0.2, -0.15) is 0 Å². The third kappa shape index (κ3) is 3.18. The summed E-state index contributed by atoms with van der Waals surface area (Å²) < 4.78 is 14.0. The Labute approximate surface area is 122 Å². The van der Waals surface area contributed by atoms with E-state index in [0.29, 0.717) is 0 Å². The monoisotopic (exact) mass is 337 g/mol. The number of benzene rings is 1. The zero-order valence-corrected chi connectivity index (χ0v) is 11.6. The van der Waals surface area contributed by atoms with Crippen molar-refractivity contribution in [2.24, 2.45) is 5.73 Å². The molecule has 0 spiro atoms. The van der Waals surface area contributed by atoms with Crippen LogP contribution in [0.4, 0.5) is 10.1 Å². The second kappa shape index (κ2) is 5.79. The largest absolute Gasteiger partial charge is 0.366 e. The molecular weight excluding hydrogens is 329 g/mol. The van der Waals surface area contributed by atoms with Crippen molar-refractivity contribution >= 4 is 33.4 Å². The molecule has 0 atom stereocenters. The van der Waals surface area contributed by atoms with Crippen molar-refractivity contribution in [3.05, 3.63) is 58.1 Å². The van der Waals surface area contributed by atoms with Gasteiger partial charge in [-0.3, -0.25) is 9.59 Å². The van der Waals surface area contributed by atoms with Gasteiger partial charge in [0.2, 0.25) is 0 Å². The lowest BCUT2D eigenvalue weighted by molar-refractivity contribution is 0.0992. The number of primary amides is 1. The lowest BCUT2D eigenvalue weighted by atomic mass is 10.1. The highest BCUT2D eigenvalue weighted by atomic mass is 79.9. The van der Waals surface area contributed by atoms with Crippen LogP contribution in [-0.4, -0.2) is 16.8 Å². The summed E-state index contributed by atoms with van der Waals surface area (Å²) in [4.78, 5) is 26.8. The second-order valence-corrected chi connectivity index (χ2v) is 4.79. The highest BCUT2D eigenvalue weighted by Crippen LogP contribution is 2.15. The van der Waals surface area contributed by atoms with Crippen LogP contribution in [-0.2, 0) is 0 Å². The normalized spacial score (nSPS) is 10.1. The Balaban J connectivity index is 2.21. The Morgan fingerprint density at radius 1 is 1.25 bits per heavy atom. The predicted molar refractivity (Wildman–Crippen MR) is 74.8 cm³/mol. The zero-order valence-electron chi connectivity index (χ0n) is 10.1. The Kier molecular flexibility index (Phi) is 4.09. The molecule has 1 heterocycles. The highest BCUT2D eigenvalue weighted by molar-refractivity contribution is 9.10. The fourth-order valence-corrected chi connectivity index (χ4v) is 1.73. The molecule has 0 saturated heterocycles. The predicted octanol–water partition coefficient (Wildman–Crippen LogP) is 2.33. The van der Waals surface area contributed by atoms with Crippen molar-refractivity contribution in [1.29, 1.82) is 0 Å². The molecule has 5 nitrogen and oxygen atoms in total. The van der Waals surface area contributed by atoms with Crippen LogP contribution in [0, 0.1) is 5.82 Å². The minimum Gasteiger partial charge on any atom is -0.366 e. The number of pyridine rings is 1. The van der Waals surface area contributed by atoms with Crippen molar-refractivity contribution in [3.63, 3.8) is 0 Å². The number of halogens is 2. The summed E-state index contributed by atoms with van der Waals surface area (Å²) in [7, 11) is 0. The number of rotatable bonds is 3. The van der Waals surface area contributed by atoms with Crippen LogP contribution in [0.15, 0.2) is 41.0 Å². The molecule has 0 fully saturated rings. The number of nitrogens with zero attached hydrogens (tertiary/aromatic N) is 1. The Morgan fingerprint density at radius 2 is 2.00 bits per heavy atom. The molecule has 20 heavy (non-hydrogen) atoms. The molecule has 102 valence electrons. The van der Waals surface area contributed by atoms with Crippen LogP contribution < -0.4 is 11.1 Å². The van der Waals surface area contributed by atoms with Crippen LogP contribution in [0.25, 0.3) is 0 Å². The minimum absolute atomic E-state index is 0.193. The number of hydrogen-bond donors (Lipinski definition) is 2. The average Bonchev–Trinajstić information content (AvgIpc) is 2.41. The number of anilines is 1. The molecule has 7 heteroatoms. The number of nitrogens with one attached hydrogen (secondary N) is 1. The topological polar surface area (TPSA) is 85.1 Å². The highest BCUT2D eigenvalue weighted by Gasteiger charge is 2.12. The molecule has 0 unspecified atom stereocenters. The van der Waals surface area contributed by atoms with E-state index in [9.17, 15) is 14.0 Å². The van der Waals surface area contributed by atoms with Gasteiger partial charge >= 0.3 is 0 Å². The van der Waals surface area contributed by atoms with Crippen molar-refractivity contribution in [3.8, 4) is 0 Å². The van der Waals surface area contributed by atoms with Gasteiger partial charge in [-0.05, 0) is 46.3 Å². The summed E-state index contributed by atoms with van der Waals surface area (Å²) in [6, 6.07) is 6.76. The third-order valence-electron chi connectivity index (χ3n) is 2.45. The molecule has 1 aromatic carbocycles. The van der Waals surface area contributed by atoms with E-state index in [2.05, 4.69) is 26.2 Å². The molecule has 0 bridgehead atoms. The first-order valence-electron chi connectivity index (χ1n) is 5.49. The molecule has 0 aliphatic heterocycles. The summed E-state index contributed by atoms with van der Waals surface area (Å²) in [6.45, 7) is 0. The van der Waals surface area contributed by atoms with Gasteiger partial charge in [0.05, 0.1) is 5.56 Å². The van der Waals surface area contributed by atoms with E-state index in [0.717, 1.165) is 10.5 Å². The zero-order chi connectivity index (χ0) is 14.7. The Hall–Kier alpha value is -2.28. The van der Waals surface area contributed by atoms with Crippen molar-refractivity contribution in [2.45, 2.75) is 0 Å². The van der Waals surface area contributed by atoms with E-state index < -0.39 is 17.6 Å². The first kappa shape index (κ1) is 14.1. The maximum absolute atomic E-state index is 13.3. The van der Waals surface area contributed by atoms with Gasteiger partial charge in [0.1, 0.15) is 11.5 Å². The molecular formula is C13H9BrFN3O2. The first-order valence-corrected chi connectivity index (χ1v) is 6.29. The van der Waals surface area contributed by atoms with Gasteiger partial charge in [-0.25, -0.2) is 9.37 Å². The summed E-state index contributed by atoms with van der Waals surface area (Å²) >= 11 is 3.21. The summed E-state index contributed by atoms with van der Waals surface area (Å²) in [5.41, 5.74) is 5.20. The fraction of sp³-hybridized carbons (Fsp3) is 0. The number of nitrogens with two attached hydrogens (primary N) is 1. The van der Waals surface area contributed by atoms with E-state index in [4.69, 9.17) is 5.73 Å². The average molecular weight is 338 g/mol. The standard InChI is InChI=1S/C13H9BrFN3O2/c14-7-1-4-11(17-6-7)13(20)18-8-2-3-10(15)9(5-8)12(16)19/h1-6H,(H2,16,19)(H,18,20). The van der Waals surface area contributed by atoms with Gasteiger partial charge < -0.3 is 11.1 Å². The maximum atomic E-state index is 13.3. The van der Waals surface area contributed by atoms with Crippen LogP contribution in [0.3, 0.4) is 0 Å². The smallest absolute Gasteiger partial charge is 0.274 e. The van der Waals surface area contributed by atoms with E-state index >= 15 is 0 Å². The summed E-state index contributed by atoms with van der Waals surface area (Å²) in [6.07, 6.45) is 1.48. The third-order valence-corrected chi connectivity index (χ3v) is 2.92. The number of hydrogen-bond acceptors (Lipinski definition) is 3. The molecule has 3 N–H and O–H groups in total. The molecule has 0 aliphatic rings. The Bertz CT molecular complexity index is 674. The van der Waals surface area contributed by atoms with E-state index in [1.54, 1.807) is 6.07 Å². The van der Waals surface area contributed by atoms with E-state index in [-0.39, 0.29) is 16.9 Å². The maximum Gasteiger partial charge on any atom is 0.274 e. The minimum atomic E-state index is -0.902. The van der Waals surface area contributed by atoms with Gasteiger partial charge in [-0.15, -0.1) is 0 Å². The van der Waals surface area contributed by atoms with E-state index in [1.807, 2.05) is 0 Å². The molecule has 1 aromatic heterocycles. The number of aromatic nitrogens is 1. The molecule has 0 saturated carbocycles. The van der Waals surface area contributed by atoms with Gasteiger partial charge in [0, 0.05) is 16.4 Å². The van der Waals surface area contributed by atoms with Crippen LogP contribution in [0.2, 0.25) is 0 Å². The van der Waals surface area contributed by atoms with Crippen LogP contribution in [0.1, 0.15) is 20.8 Å². The quantitative estimate of drug-likeness (QED) is 0.901. The first-order chi connectivity index (χ1) is 9.47. The number of carbonyl (C=O) groups excluding carboxylic acids is 2. The van der Waals surface area contributed by atoms with Gasteiger partial charge in [-0.1, -0.05) is 0 Å². The molecule has 2 aromatic rings. The molecule has 0 radical (unpaired) electrons. The molecule has 2 rings (SSSR count). The summed E-state index contributed by atoms with van der Waals surface area (Å²) in [5.74, 6) is -2.11. The summed E-state index contributed by atoms with van der Waals surface area (Å²) in [5, 5.41) is 2.51. The molecule has 0 aliphatic carbocycles. The van der Waals surface area contributed by atoms with Crippen molar-refractivity contribution in [1.82, 2.24) is 4.98 Å². The fourth-order valence-electron chi connectivity index (χ4n) is 1.50. The van der Waals surface area contributed by atoms with Crippen LogP contribution in [0.5, 0.6) is 0 Å². The van der Waals surface area contributed by atoms with Crippen molar-refractivity contribution in [2.75, 3.05) is 5.32 Å². The van der Waals surface area contributed by atoms with Gasteiger partial charge in [0.25, 0.3) is 11.8 Å². The lowest BCUT2D eigenvalue weighted by Gasteiger charge is -2.06. The second-order valence-electron chi connectivity index (χ2n) is 3.87. The number of carbonyl (C=O) groups is 2. The SMILES string of the molecule is NC(=O)c1cc(NC(=O)c2ccc(Br)cn2)ccc1F. The Morgan fingerprint density at radius 3 is 2.60 bits per heavy atom. The van der Waals surface area contributed by atoms with Crippen LogP contribution >= 0.6 is 15.9 Å². The van der Waals surface area contributed by atoms with Crippen molar-refractivity contribution < 1.29 is 14.0 Å². The van der Waals surface area contributed by atoms with E-state index in [1.165, 1.54) is 24.4 Å². The molecule has 2 amide bonds.